The van der Waals surface area contributed by atoms with Gasteiger partial charge in [-0.3, -0.25) is 9.78 Å². The molecule has 0 radical (unpaired) electrons. The third kappa shape index (κ3) is 3.77. The Kier molecular flexibility index (Phi) is 5.11. The van der Waals surface area contributed by atoms with E-state index in [0.717, 1.165) is 35.5 Å². The Bertz CT molecular complexity index is 984. The molecule has 1 aliphatic heterocycles. The second kappa shape index (κ2) is 7.85. The van der Waals surface area contributed by atoms with Crippen LogP contribution < -0.4 is 4.90 Å². The molecule has 1 amide bonds. The Morgan fingerprint density at radius 1 is 1.00 bits per heavy atom. The quantitative estimate of drug-likeness (QED) is 0.693. The Hall–Kier alpha value is -3.14. The van der Waals surface area contributed by atoms with Crippen LogP contribution in [0.4, 0.5) is 5.69 Å². The largest absolute Gasteiger partial charge is 0.362 e. The number of pyridine rings is 1. The fourth-order valence-electron chi connectivity index (χ4n) is 3.77. The maximum absolute atomic E-state index is 12.6. The van der Waals surface area contributed by atoms with Gasteiger partial charge in [-0.2, -0.15) is 0 Å². The number of aromatic nitrogens is 1. The number of carbonyl (C=O) groups excluding carboxylic acids is 1. The van der Waals surface area contributed by atoms with Gasteiger partial charge in [-0.25, -0.2) is 0 Å². The molecule has 142 valence electrons. The first-order chi connectivity index (χ1) is 13.6. The molecule has 0 saturated carbocycles. The van der Waals surface area contributed by atoms with Crippen molar-refractivity contribution < 1.29 is 4.79 Å². The molecule has 0 spiro atoms. The fraction of sp³-hybridized carbons (Fsp3) is 0.250. The number of fused-ring (bicyclic) bond motifs is 1. The molecule has 3 aromatic rings. The number of rotatable bonds is 4. The average molecular weight is 371 g/mol. The summed E-state index contributed by atoms with van der Waals surface area (Å²) >= 11 is 0. The van der Waals surface area contributed by atoms with Crippen molar-refractivity contribution in [1.82, 2.24) is 9.88 Å². The molecule has 2 heterocycles. The third-order valence-electron chi connectivity index (χ3n) is 5.42. The van der Waals surface area contributed by atoms with Crippen molar-refractivity contribution in [2.45, 2.75) is 19.9 Å². The summed E-state index contributed by atoms with van der Waals surface area (Å²) in [5.74, 6) is 0.156. The molecule has 1 aromatic heterocycles. The van der Waals surface area contributed by atoms with E-state index in [2.05, 4.69) is 58.4 Å². The number of hydrogen-bond donors (Lipinski definition) is 0. The van der Waals surface area contributed by atoms with Gasteiger partial charge in [0.25, 0.3) is 0 Å². The average Bonchev–Trinajstić information content (AvgIpc) is 2.83. The van der Waals surface area contributed by atoms with Crippen LogP contribution in [-0.4, -0.2) is 35.9 Å². The summed E-state index contributed by atoms with van der Waals surface area (Å²) in [6.07, 6.45) is 2.73. The number of amides is 1. The SMILES string of the molecule is Cc1ncccc1-c1ccc2c(c1)N(CCc1ccccc1)CC(=O)N(C)C2. The molecule has 4 nitrogen and oxygen atoms in total. The van der Waals surface area contributed by atoms with Gasteiger partial charge in [0.2, 0.25) is 5.91 Å². The lowest BCUT2D eigenvalue weighted by molar-refractivity contribution is -0.128. The zero-order valence-electron chi connectivity index (χ0n) is 16.4. The smallest absolute Gasteiger partial charge is 0.242 e. The van der Waals surface area contributed by atoms with Crippen LogP contribution in [0.1, 0.15) is 16.8 Å². The monoisotopic (exact) mass is 371 g/mol. The second-order valence-corrected chi connectivity index (χ2v) is 7.39. The van der Waals surface area contributed by atoms with Crippen molar-refractivity contribution in [3.8, 4) is 11.1 Å². The van der Waals surface area contributed by atoms with Crippen molar-refractivity contribution in [3.05, 3.63) is 83.7 Å². The highest BCUT2D eigenvalue weighted by Gasteiger charge is 2.23. The van der Waals surface area contributed by atoms with Crippen LogP contribution in [0, 0.1) is 6.92 Å². The zero-order valence-corrected chi connectivity index (χ0v) is 16.4. The highest BCUT2D eigenvalue weighted by molar-refractivity contribution is 5.84. The molecular weight excluding hydrogens is 346 g/mol. The fourth-order valence-corrected chi connectivity index (χ4v) is 3.77. The predicted molar refractivity (Wildman–Crippen MR) is 113 cm³/mol. The van der Waals surface area contributed by atoms with Gasteiger partial charge < -0.3 is 9.80 Å². The highest BCUT2D eigenvalue weighted by atomic mass is 16.2. The number of likely N-dealkylation sites (N-methyl/N-ethyl adjacent to an activating group) is 1. The van der Waals surface area contributed by atoms with Crippen molar-refractivity contribution >= 4 is 11.6 Å². The van der Waals surface area contributed by atoms with Crippen LogP contribution in [0.5, 0.6) is 0 Å². The summed E-state index contributed by atoms with van der Waals surface area (Å²) in [5, 5.41) is 0. The van der Waals surface area contributed by atoms with Crippen LogP contribution in [0.25, 0.3) is 11.1 Å². The van der Waals surface area contributed by atoms with Crippen molar-refractivity contribution in [3.63, 3.8) is 0 Å². The van der Waals surface area contributed by atoms with E-state index in [4.69, 9.17) is 0 Å². The molecule has 4 rings (SSSR count). The topological polar surface area (TPSA) is 36.4 Å². The Balaban J connectivity index is 1.70. The highest BCUT2D eigenvalue weighted by Crippen LogP contribution is 2.32. The molecule has 0 saturated heterocycles. The molecule has 0 unspecified atom stereocenters. The number of hydrogen-bond acceptors (Lipinski definition) is 3. The molecular formula is C24H25N3O. The van der Waals surface area contributed by atoms with E-state index < -0.39 is 0 Å². The minimum absolute atomic E-state index is 0.156. The second-order valence-electron chi connectivity index (χ2n) is 7.39. The minimum atomic E-state index is 0.156. The van der Waals surface area contributed by atoms with Crippen LogP contribution >= 0.6 is 0 Å². The lowest BCUT2D eigenvalue weighted by Crippen LogP contribution is -2.36. The van der Waals surface area contributed by atoms with E-state index in [0.29, 0.717) is 13.1 Å². The molecule has 2 aromatic carbocycles. The Morgan fingerprint density at radius 2 is 1.82 bits per heavy atom. The van der Waals surface area contributed by atoms with Gasteiger partial charge in [-0.1, -0.05) is 48.5 Å². The van der Waals surface area contributed by atoms with E-state index in [1.54, 1.807) is 0 Å². The first-order valence-electron chi connectivity index (χ1n) is 9.69. The van der Waals surface area contributed by atoms with E-state index in [9.17, 15) is 4.79 Å². The number of nitrogens with zero attached hydrogens (tertiary/aromatic N) is 3. The van der Waals surface area contributed by atoms with Crippen molar-refractivity contribution in [2.24, 2.45) is 0 Å². The summed E-state index contributed by atoms with van der Waals surface area (Å²) in [4.78, 5) is 21.1. The van der Waals surface area contributed by atoms with Gasteiger partial charge in [-0.05, 0) is 42.2 Å². The standard InChI is InChI=1S/C24H25N3O/c1-18-22(9-6-13-25-18)20-10-11-21-16-26(2)24(28)17-27(23(21)15-20)14-12-19-7-4-3-5-8-19/h3-11,13,15H,12,14,16-17H2,1-2H3. The van der Waals surface area contributed by atoms with Crippen molar-refractivity contribution in [1.29, 1.82) is 0 Å². The molecule has 0 N–H and O–H groups in total. The summed E-state index contributed by atoms with van der Waals surface area (Å²) in [7, 11) is 1.88. The molecule has 0 fully saturated rings. The minimum Gasteiger partial charge on any atom is -0.362 e. The first-order valence-corrected chi connectivity index (χ1v) is 9.69. The van der Waals surface area contributed by atoms with Crippen LogP contribution in [0.15, 0.2) is 66.9 Å². The van der Waals surface area contributed by atoms with Crippen LogP contribution in [0.3, 0.4) is 0 Å². The van der Waals surface area contributed by atoms with Crippen LogP contribution in [-0.2, 0) is 17.8 Å². The molecule has 0 atom stereocenters. The summed E-state index contributed by atoms with van der Waals surface area (Å²) < 4.78 is 0. The molecule has 0 bridgehead atoms. The summed E-state index contributed by atoms with van der Waals surface area (Å²) in [5.41, 5.74) is 6.91. The number of benzene rings is 2. The molecule has 0 aliphatic carbocycles. The van der Waals surface area contributed by atoms with Gasteiger partial charge in [0.1, 0.15) is 0 Å². The summed E-state index contributed by atoms with van der Waals surface area (Å²) in [6, 6.07) is 21.0. The van der Waals surface area contributed by atoms with Gasteiger partial charge in [0, 0.05) is 43.3 Å². The van der Waals surface area contributed by atoms with Gasteiger partial charge in [-0.15, -0.1) is 0 Å². The van der Waals surface area contributed by atoms with E-state index in [1.807, 2.05) is 37.2 Å². The van der Waals surface area contributed by atoms with E-state index in [-0.39, 0.29) is 5.91 Å². The Morgan fingerprint density at radius 3 is 2.61 bits per heavy atom. The van der Waals surface area contributed by atoms with Gasteiger partial charge in [0.05, 0.1) is 6.54 Å². The molecule has 28 heavy (non-hydrogen) atoms. The number of aryl methyl sites for hydroxylation is 1. The predicted octanol–water partition coefficient (Wildman–Crippen LogP) is 4.08. The normalized spacial score (nSPS) is 14.0. The number of anilines is 1. The maximum Gasteiger partial charge on any atom is 0.242 e. The van der Waals surface area contributed by atoms with Crippen molar-refractivity contribution in [2.75, 3.05) is 25.0 Å². The lowest BCUT2D eigenvalue weighted by Gasteiger charge is -2.24. The van der Waals surface area contributed by atoms with Gasteiger partial charge >= 0.3 is 0 Å². The van der Waals surface area contributed by atoms with Crippen LogP contribution in [0.2, 0.25) is 0 Å². The Labute approximate surface area is 166 Å². The van der Waals surface area contributed by atoms with E-state index in [1.165, 1.54) is 11.1 Å². The first kappa shape index (κ1) is 18.2. The zero-order chi connectivity index (χ0) is 19.5. The van der Waals surface area contributed by atoms with Gasteiger partial charge in [0.15, 0.2) is 0 Å². The van der Waals surface area contributed by atoms with E-state index >= 15 is 0 Å². The summed E-state index contributed by atoms with van der Waals surface area (Å²) in [6.45, 7) is 3.89. The third-order valence-corrected chi connectivity index (χ3v) is 5.42. The number of carbonyl (C=O) groups is 1. The lowest BCUT2D eigenvalue weighted by atomic mass is 10.0. The molecule has 4 heteroatoms. The molecule has 1 aliphatic rings. The maximum atomic E-state index is 12.6.